The van der Waals surface area contributed by atoms with Crippen LogP contribution in [-0.4, -0.2) is 29.8 Å². The Morgan fingerprint density at radius 1 is 1.37 bits per heavy atom. The number of thioether (sulfide) groups is 1. The molecule has 0 spiro atoms. The van der Waals surface area contributed by atoms with Crippen molar-refractivity contribution in [2.24, 2.45) is 0 Å². The SMILES string of the molecule is CSC(C)CNc1nccc2cc3c(cc12)OCO3. The molecule has 100 valence electrons. The molecule has 0 saturated carbocycles. The third-order valence-electron chi connectivity index (χ3n) is 3.22. The van der Waals surface area contributed by atoms with Gasteiger partial charge in [-0.1, -0.05) is 6.92 Å². The van der Waals surface area contributed by atoms with E-state index in [2.05, 4.69) is 23.5 Å². The Labute approximate surface area is 116 Å². The Kier molecular flexibility index (Phi) is 3.38. The maximum absolute atomic E-state index is 5.43. The molecule has 5 heteroatoms. The Balaban J connectivity index is 1.96. The number of anilines is 1. The maximum Gasteiger partial charge on any atom is 0.231 e. The lowest BCUT2D eigenvalue weighted by atomic mass is 10.1. The zero-order valence-corrected chi connectivity index (χ0v) is 11.8. The first kappa shape index (κ1) is 12.4. The van der Waals surface area contributed by atoms with E-state index in [4.69, 9.17) is 9.47 Å². The predicted octanol–water partition coefficient (Wildman–Crippen LogP) is 3.13. The first-order chi connectivity index (χ1) is 9.28. The van der Waals surface area contributed by atoms with E-state index >= 15 is 0 Å². The lowest BCUT2D eigenvalue weighted by Crippen LogP contribution is -2.13. The highest BCUT2D eigenvalue weighted by Crippen LogP contribution is 2.37. The Hall–Kier alpha value is -1.62. The molecular formula is C14H16N2O2S. The van der Waals surface area contributed by atoms with Crippen molar-refractivity contribution in [2.75, 3.05) is 24.9 Å². The van der Waals surface area contributed by atoms with Crippen LogP contribution in [0.2, 0.25) is 0 Å². The van der Waals surface area contributed by atoms with E-state index in [-0.39, 0.29) is 0 Å². The molecule has 0 saturated heterocycles. The minimum Gasteiger partial charge on any atom is -0.454 e. The van der Waals surface area contributed by atoms with Gasteiger partial charge in [-0.2, -0.15) is 11.8 Å². The molecule has 0 bridgehead atoms. The molecule has 1 unspecified atom stereocenters. The van der Waals surface area contributed by atoms with Crippen molar-refractivity contribution in [1.29, 1.82) is 0 Å². The molecule has 0 fully saturated rings. The summed E-state index contributed by atoms with van der Waals surface area (Å²) in [6, 6.07) is 5.99. The fourth-order valence-electron chi connectivity index (χ4n) is 2.03. The van der Waals surface area contributed by atoms with Crippen molar-refractivity contribution in [3.63, 3.8) is 0 Å². The number of hydrogen-bond donors (Lipinski definition) is 1. The molecule has 0 radical (unpaired) electrons. The summed E-state index contributed by atoms with van der Waals surface area (Å²) in [6.07, 6.45) is 3.93. The second-order valence-electron chi connectivity index (χ2n) is 4.51. The van der Waals surface area contributed by atoms with Crippen molar-refractivity contribution in [3.05, 3.63) is 24.4 Å². The largest absolute Gasteiger partial charge is 0.454 e. The van der Waals surface area contributed by atoms with Gasteiger partial charge in [-0.3, -0.25) is 0 Å². The van der Waals surface area contributed by atoms with E-state index in [0.29, 0.717) is 12.0 Å². The second kappa shape index (κ2) is 5.17. The van der Waals surface area contributed by atoms with Gasteiger partial charge in [0.1, 0.15) is 5.82 Å². The van der Waals surface area contributed by atoms with Crippen molar-refractivity contribution in [3.8, 4) is 11.5 Å². The second-order valence-corrected chi connectivity index (χ2v) is 5.79. The van der Waals surface area contributed by atoms with Gasteiger partial charge >= 0.3 is 0 Å². The summed E-state index contributed by atoms with van der Waals surface area (Å²) in [7, 11) is 0. The maximum atomic E-state index is 5.43. The third kappa shape index (κ3) is 2.42. The van der Waals surface area contributed by atoms with Gasteiger partial charge in [0.25, 0.3) is 0 Å². The molecule has 2 aromatic rings. The molecule has 0 amide bonds. The van der Waals surface area contributed by atoms with Crippen LogP contribution in [-0.2, 0) is 0 Å². The molecule has 2 heterocycles. The molecule has 19 heavy (non-hydrogen) atoms. The fourth-order valence-corrected chi connectivity index (χ4v) is 2.28. The molecule has 4 nitrogen and oxygen atoms in total. The number of ether oxygens (including phenoxy) is 2. The lowest BCUT2D eigenvalue weighted by Gasteiger charge is -2.12. The summed E-state index contributed by atoms with van der Waals surface area (Å²) in [5, 5.41) is 6.13. The minimum absolute atomic E-state index is 0.297. The van der Waals surface area contributed by atoms with Gasteiger partial charge in [0.05, 0.1) is 0 Å². The molecule has 1 aromatic heterocycles. The number of nitrogens with one attached hydrogen (secondary N) is 1. The Morgan fingerprint density at radius 3 is 2.95 bits per heavy atom. The van der Waals surface area contributed by atoms with Gasteiger partial charge in [0.2, 0.25) is 6.79 Å². The van der Waals surface area contributed by atoms with Crippen LogP contribution in [0.15, 0.2) is 24.4 Å². The van der Waals surface area contributed by atoms with Gasteiger partial charge in [-0.15, -0.1) is 0 Å². The monoisotopic (exact) mass is 276 g/mol. The zero-order chi connectivity index (χ0) is 13.2. The number of fused-ring (bicyclic) bond motifs is 2. The number of benzene rings is 1. The van der Waals surface area contributed by atoms with Gasteiger partial charge < -0.3 is 14.8 Å². The van der Waals surface area contributed by atoms with E-state index in [1.54, 1.807) is 0 Å². The van der Waals surface area contributed by atoms with E-state index in [1.165, 1.54) is 0 Å². The zero-order valence-electron chi connectivity index (χ0n) is 11.0. The Morgan fingerprint density at radius 2 is 2.16 bits per heavy atom. The molecule has 3 rings (SSSR count). The molecule has 1 atom stereocenters. The van der Waals surface area contributed by atoms with E-state index in [9.17, 15) is 0 Å². The lowest BCUT2D eigenvalue weighted by molar-refractivity contribution is 0.174. The van der Waals surface area contributed by atoms with Gasteiger partial charge in [0.15, 0.2) is 11.5 Å². The topological polar surface area (TPSA) is 43.4 Å². The van der Waals surface area contributed by atoms with E-state index in [1.807, 2.05) is 36.2 Å². The van der Waals surface area contributed by atoms with Crippen molar-refractivity contribution in [1.82, 2.24) is 4.98 Å². The van der Waals surface area contributed by atoms with Crippen molar-refractivity contribution < 1.29 is 9.47 Å². The van der Waals surface area contributed by atoms with Crippen molar-refractivity contribution >= 4 is 28.4 Å². The van der Waals surface area contributed by atoms with Crippen LogP contribution in [0.3, 0.4) is 0 Å². The van der Waals surface area contributed by atoms with E-state index in [0.717, 1.165) is 34.6 Å². The van der Waals surface area contributed by atoms with Gasteiger partial charge in [0, 0.05) is 23.4 Å². The van der Waals surface area contributed by atoms with Crippen LogP contribution in [0.1, 0.15) is 6.92 Å². The summed E-state index contributed by atoms with van der Waals surface area (Å²) in [5.41, 5.74) is 0. The van der Waals surface area contributed by atoms with Crippen LogP contribution in [0, 0.1) is 0 Å². The number of nitrogens with zero attached hydrogens (tertiary/aromatic N) is 1. The van der Waals surface area contributed by atoms with Crippen LogP contribution < -0.4 is 14.8 Å². The minimum atomic E-state index is 0.297. The van der Waals surface area contributed by atoms with Gasteiger partial charge in [-0.05, 0) is 29.8 Å². The highest BCUT2D eigenvalue weighted by molar-refractivity contribution is 7.99. The third-order valence-corrected chi connectivity index (χ3v) is 4.19. The number of rotatable bonds is 4. The molecule has 0 aliphatic carbocycles. The highest BCUT2D eigenvalue weighted by atomic mass is 32.2. The summed E-state index contributed by atoms with van der Waals surface area (Å²) >= 11 is 1.83. The van der Waals surface area contributed by atoms with Crippen LogP contribution in [0.25, 0.3) is 10.8 Å². The highest BCUT2D eigenvalue weighted by Gasteiger charge is 2.15. The molecule has 1 N–H and O–H groups in total. The normalized spacial score (nSPS) is 14.6. The predicted molar refractivity (Wildman–Crippen MR) is 79.3 cm³/mol. The van der Waals surface area contributed by atoms with Crippen molar-refractivity contribution in [2.45, 2.75) is 12.2 Å². The number of pyridine rings is 1. The van der Waals surface area contributed by atoms with Crippen LogP contribution in [0.5, 0.6) is 11.5 Å². The van der Waals surface area contributed by atoms with Gasteiger partial charge in [-0.25, -0.2) is 4.98 Å². The van der Waals surface area contributed by atoms with Crippen LogP contribution >= 0.6 is 11.8 Å². The standard InChI is InChI=1S/C14H16N2O2S/c1-9(19-2)7-16-14-11-6-13-12(17-8-18-13)5-10(11)3-4-15-14/h3-6,9H,7-8H2,1-2H3,(H,15,16). The first-order valence-electron chi connectivity index (χ1n) is 6.23. The fraction of sp³-hybridized carbons (Fsp3) is 0.357. The summed E-state index contributed by atoms with van der Waals surface area (Å²) in [5.74, 6) is 2.50. The quantitative estimate of drug-likeness (QED) is 0.929. The average Bonchev–Trinajstić information content (AvgIpc) is 2.89. The number of aromatic nitrogens is 1. The number of hydrogen-bond acceptors (Lipinski definition) is 5. The van der Waals surface area contributed by atoms with Crippen LogP contribution in [0.4, 0.5) is 5.82 Å². The summed E-state index contributed by atoms with van der Waals surface area (Å²) in [4.78, 5) is 4.42. The molecular weight excluding hydrogens is 260 g/mol. The average molecular weight is 276 g/mol. The summed E-state index contributed by atoms with van der Waals surface area (Å²) < 4.78 is 10.8. The molecule has 1 aliphatic rings. The first-order valence-corrected chi connectivity index (χ1v) is 7.52. The Bertz CT molecular complexity index is 603. The summed E-state index contributed by atoms with van der Waals surface area (Å²) in [6.45, 7) is 3.38. The molecule has 1 aromatic carbocycles. The van der Waals surface area contributed by atoms with E-state index < -0.39 is 0 Å². The smallest absolute Gasteiger partial charge is 0.231 e. The molecule has 1 aliphatic heterocycles.